The lowest BCUT2D eigenvalue weighted by Gasteiger charge is -2.34. The molecule has 8 heteroatoms. The number of piperidine rings is 1. The third kappa shape index (κ3) is 6.33. The van der Waals surface area contributed by atoms with Crippen molar-refractivity contribution in [1.29, 1.82) is 0 Å². The van der Waals surface area contributed by atoms with Gasteiger partial charge in [-0.25, -0.2) is 9.18 Å². The van der Waals surface area contributed by atoms with E-state index in [0.29, 0.717) is 41.7 Å². The molecule has 1 aliphatic rings. The summed E-state index contributed by atoms with van der Waals surface area (Å²) < 4.78 is 31.3. The fourth-order valence-electron chi connectivity index (χ4n) is 4.13. The van der Waals surface area contributed by atoms with Crippen LogP contribution in [0.5, 0.6) is 5.75 Å². The van der Waals surface area contributed by atoms with Crippen molar-refractivity contribution in [3.05, 3.63) is 35.8 Å². The lowest BCUT2D eigenvalue weighted by molar-refractivity contribution is -0.151. The number of halogens is 1. The molecule has 1 aliphatic heterocycles. The number of hydrogen-bond acceptors (Lipinski definition) is 6. The SMILES string of the molecule is CCC(OC(=O)CC1CCCN(C(=O)OC(C)(C)C)C1)c1c(F)cnc2ccc(OC)cc12. The molecule has 0 aliphatic carbocycles. The fourth-order valence-corrected chi connectivity index (χ4v) is 4.13. The second-order valence-corrected chi connectivity index (χ2v) is 9.43. The van der Waals surface area contributed by atoms with Gasteiger partial charge in [-0.15, -0.1) is 0 Å². The predicted octanol–water partition coefficient (Wildman–Crippen LogP) is 5.41. The first kappa shape index (κ1) is 24.7. The zero-order chi connectivity index (χ0) is 24.2. The number of nitrogens with zero attached hydrogens (tertiary/aromatic N) is 2. The number of pyridine rings is 1. The molecule has 33 heavy (non-hydrogen) atoms. The maximum absolute atomic E-state index is 14.8. The van der Waals surface area contributed by atoms with Gasteiger partial charge in [0.2, 0.25) is 0 Å². The molecule has 2 unspecified atom stereocenters. The number of carbonyl (C=O) groups is 2. The van der Waals surface area contributed by atoms with Gasteiger partial charge >= 0.3 is 12.1 Å². The van der Waals surface area contributed by atoms with Crippen molar-refractivity contribution in [2.45, 2.75) is 65.1 Å². The van der Waals surface area contributed by atoms with Gasteiger partial charge in [0.05, 0.1) is 25.2 Å². The lowest BCUT2D eigenvalue weighted by atomic mass is 9.95. The van der Waals surface area contributed by atoms with E-state index in [-0.39, 0.29) is 18.4 Å². The van der Waals surface area contributed by atoms with Crippen LogP contribution in [0.1, 0.15) is 65.0 Å². The zero-order valence-corrected chi connectivity index (χ0v) is 20.0. The largest absolute Gasteiger partial charge is 0.497 e. The molecule has 0 N–H and O–H groups in total. The molecule has 180 valence electrons. The lowest BCUT2D eigenvalue weighted by Crippen LogP contribution is -2.43. The van der Waals surface area contributed by atoms with E-state index in [0.717, 1.165) is 19.0 Å². The van der Waals surface area contributed by atoms with Gasteiger partial charge < -0.3 is 19.1 Å². The maximum Gasteiger partial charge on any atom is 0.410 e. The Labute approximate surface area is 194 Å². The van der Waals surface area contributed by atoms with E-state index in [1.54, 1.807) is 23.1 Å². The Bertz CT molecular complexity index is 1000. The third-order valence-corrected chi connectivity index (χ3v) is 5.66. The number of rotatable bonds is 6. The average molecular weight is 461 g/mol. The molecule has 7 nitrogen and oxygen atoms in total. The first-order chi connectivity index (χ1) is 15.6. The molecule has 1 aromatic heterocycles. The van der Waals surface area contributed by atoms with Crippen molar-refractivity contribution < 1.29 is 28.2 Å². The van der Waals surface area contributed by atoms with E-state index in [1.165, 1.54) is 7.11 Å². The molecular weight excluding hydrogens is 427 g/mol. The van der Waals surface area contributed by atoms with Gasteiger partial charge in [0.1, 0.15) is 23.3 Å². The molecule has 0 radical (unpaired) electrons. The molecule has 1 saturated heterocycles. The Balaban J connectivity index is 1.71. The van der Waals surface area contributed by atoms with Crippen LogP contribution in [0, 0.1) is 11.7 Å². The Morgan fingerprint density at radius 1 is 1.30 bits per heavy atom. The van der Waals surface area contributed by atoms with Crippen LogP contribution in [0.25, 0.3) is 10.9 Å². The summed E-state index contributed by atoms with van der Waals surface area (Å²) >= 11 is 0. The number of carbonyl (C=O) groups excluding carboxylic acids is 2. The average Bonchev–Trinajstić information content (AvgIpc) is 2.76. The molecule has 2 aromatic rings. The molecular formula is C25H33FN2O5. The van der Waals surface area contributed by atoms with Gasteiger partial charge in [-0.05, 0) is 64.2 Å². The van der Waals surface area contributed by atoms with Gasteiger partial charge in [-0.1, -0.05) is 6.92 Å². The molecule has 1 fully saturated rings. The molecule has 2 heterocycles. The second kappa shape index (κ2) is 10.4. The highest BCUT2D eigenvalue weighted by molar-refractivity contribution is 5.84. The van der Waals surface area contributed by atoms with Crippen molar-refractivity contribution in [3.63, 3.8) is 0 Å². The van der Waals surface area contributed by atoms with E-state index < -0.39 is 23.5 Å². The summed E-state index contributed by atoms with van der Waals surface area (Å²) in [5, 5.41) is 0.558. The molecule has 1 aromatic carbocycles. The minimum Gasteiger partial charge on any atom is -0.497 e. The maximum atomic E-state index is 14.8. The van der Waals surface area contributed by atoms with Crippen LogP contribution in [-0.2, 0) is 14.3 Å². The van der Waals surface area contributed by atoms with Crippen LogP contribution in [0.4, 0.5) is 9.18 Å². The highest BCUT2D eigenvalue weighted by Crippen LogP contribution is 2.33. The number of fused-ring (bicyclic) bond motifs is 1. The van der Waals surface area contributed by atoms with Crippen LogP contribution in [-0.4, -0.2) is 47.7 Å². The van der Waals surface area contributed by atoms with Crippen molar-refractivity contribution in [2.24, 2.45) is 5.92 Å². The molecule has 3 rings (SSSR count). The number of esters is 1. The van der Waals surface area contributed by atoms with E-state index in [4.69, 9.17) is 14.2 Å². The van der Waals surface area contributed by atoms with E-state index in [9.17, 15) is 14.0 Å². The summed E-state index contributed by atoms with van der Waals surface area (Å²) in [6.07, 6.45) is 2.21. The number of likely N-dealkylation sites (tertiary alicyclic amines) is 1. The van der Waals surface area contributed by atoms with Gasteiger partial charge in [0.15, 0.2) is 0 Å². The van der Waals surface area contributed by atoms with Crippen molar-refractivity contribution in [1.82, 2.24) is 9.88 Å². The highest BCUT2D eigenvalue weighted by atomic mass is 19.1. The first-order valence-corrected chi connectivity index (χ1v) is 11.4. The zero-order valence-electron chi connectivity index (χ0n) is 20.0. The summed E-state index contributed by atoms with van der Waals surface area (Å²) in [4.78, 5) is 31.0. The van der Waals surface area contributed by atoms with Crippen molar-refractivity contribution in [3.8, 4) is 5.75 Å². The Morgan fingerprint density at radius 3 is 2.73 bits per heavy atom. The molecule has 1 amide bonds. The summed E-state index contributed by atoms with van der Waals surface area (Å²) in [5.74, 6) is -0.397. The van der Waals surface area contributed by atoms with Gasteiger partial charge in [0.25, 0.3) is 0 Å². The summed E-state index contributed by atoms with van der Waals surface area (Å²) in [5.41, 5.74) is 0.327. The molecule has 0 saturated carbocycles. The number of ether oxygens (including phenoxy) is 3. The second-order valence-electron chi connectivity index (χ2n) is 9.43. The predicted molar refractivity (Wildman–Crippen MR) is 123 cm³/mol. The molecule has 0 spiro atoms. The van der Waals surface area contributed by atoms with Crippen LogP contribution < -0.4 is 4.74 Å². The van der Waals surface area contributed by atoms with Crippen LogP contribution in [0.15, 0.2) is 24.4 Å². The number of aromatic nitrogens is 1. The molecule has 0 bridgehead atoms. The topological polar surface area (TPSA) is 78.0 Å². The minimum atomic E-state index is -0.749. The van der Waals surface area contributed by atoms with E-state index in [1.807, 2.05) is 27.7 Å². The van der Waals surface area contributed by atoms with Gasteiger partial charge in [-0.3, -0.25) is 9.78 Å². The van der Waals surface area contributed by atoms with Gasteiger partial charge in [-0.2, -0.15) is 0 Å². The normalized spacial score (nSPS) is 17.5. The standard InChI is InChI=1S/C25H33FN2O5/c1-6-21(23-18-13-17(31-5)9-10-20(18)27-14-19(23)26)32-22(29)12-16-8-7-11-28(15-16)24(30)33-25(2,3)4/h9-10,13-14,16,21H,6-8,11-12,15H2,1-5H3. The van der Waals surface area contributed by atoms with Crippen molar-refractivity contribution >= 4 is 23.0 Å². The number of methoxy groups -OCH3 is 1. The van der Waals surface area contributed by atoms with Gasteiger partial charge in [0, 0.05) is 24.0 Å². The van der Waals surface area contributed by atoms with Crippen molar-refractivity contribution in [2.75, 3.05) is 20.2 Å². The number of benzene rings is 1. The highest BCUT2D eigenvalue weighted by Gasteiger charge is 2.30. The molecule has 2 atom stereocenters. The third-order valence-electron chi connectivity index (χ3n) is 5.66. The summed E-state index contributed by atoms with van der Waals surface area (Å²) in [6.45, 7) is 8.36. The first-order valence-electron chi connectivity index (χ1n) is 11.4. The van der Waals surface area contributed by atoms with E-state index in [2.05, 4.69) is 4.98 Å². The number of hydrogen-bond donors (Lipinski definition) is 0. The van der Waals surface area contributed by atoms with Crippen LogP contribution in [0.3, 0.4) is 0 Å². The Kier molecular flexibility index (Phi) is 7.76. The fraction of sp³-hybridized carbons (Fsp3) is 0.560. The van der Waals surface area contributed by atoms with Crippen LogP contribution in [0.2, 0.25) is 0 Å². The minimum absolute atomic E-state index is 0.0320. The Hall–Kier alpha value is -2.90. The monoisotopic (exact) mass is 460 g/mol. The smallest absolute Gasteiger partial charge is 0.410 e. The number of amides is 1. The van der Waals surface area contributed by atoms with Crippen LogP contribution >= 0.6 is 0 Å². The quantitative estimate of drug-likeness (QED) is 0.536. The van der Waals surface area contributed by atoms with E-state index >= 15 is 0 Å². The summed E-state index contributed by atoms with van der Waals surface area (Å²) in [7, 11) is 1.54. The summed E-state index contributed by atoms with van der Waals surface area (Å²) in [6, 6.07) is 5.21. The Morgan fingerprint density at radius 2 is 2.06 bits per heavy atom.